The third-order valence-corrected chi connectivity index (χ3v) is 6.13. The van der Waals surface area contributed by atoms with Gasteiger partial charge < -0.3 is 9.47 Å². The average Bonchev–Trinajstić information content (AvgIpc) is 3.30. The Labute approximate surface area is 201 Å². The molecule has 2 N–H and O–H groups in total. The number of primary sulfonamides is 1. The molecule has 0 saturated heterocycles. The number of sulfonamides is 1. The van der Waals surface area contributed by atoms with Crippen LogP contribution in [-0.4, -0.2) is 37.6 Å². The van der Waals surface area contributed by atoms with Gasteiger partial charge >= 0.3 is 5.97 Å². The Hall–Kier alpha value is -4.28. The Bertz CT molecular complexity index is 1510. The lowest BCUT2D eigenvalue weighted by Crippen LogP contribution is -2.12. The van der Waals surface area contributed by atoms with E-state index in [9.17, 15) is 18.0 Å². The fourth-order valence-corrected chi connectivity index (χ4v) is 3.89. The number of benzene rings is 3. The molecule has 4 rings (SSSR count). The number of aldehydes is 1. The first-order valence-corrected chi connectivity index (χ1v) is 11.9. The van der Waals surface area contributed by atoms with Gasteiger partial charge in [0.1, 0.15) is 6.29 Å². The molecule has 0 saturated carbocycles. The van der Waals surface area contributed by atoms with Crippen LogP contribution < -0.4 is 14.6 Å². The van der Waals surface area contributed by atoms with E-state index in [1.54, 1.807) is 18.2 Å². The number of aryl methyl sites for hydroxylation is 1. The molecule has 0 atom stereocenters. The SMILES string of the molecule is COc1cc(C=O)ccc1OC(=O)c1cc(-c2ccc(C)cc2)n(-c2ccc(S(N)(=O)=O)cc2)n1. The maximum absolute atomic E-state index is 13.0. The Morgan fingerprint density at radius 1 is 0.971 bits per heavy atom. The number of methoxy groups -OCH3 is 1. The maximum Gasteiger partial charge on any atom is 0.364 e. The van der Waals surface area contributed by atoms with Gasteiger partial charge in [-0.2, -0.15) is 5.10 Å². The van der Waals surface area contributed by atoms with Crippen LogP contribution in [0, 0.1) is 6.92 Å². The Morgan fingerprint density at radius 2 is 1.66 bits per heavy atom. The number of nitrogens with zero attached hydrogens (tertiary/aromatic N) is 2. The highest BCUT2D eigenvalue weighted by Gasteiger charge is 2.20. The number of ether oxygens (including phenoxy) is 2. The normalized spacial score (nSPS) is 11.2. The number of aromatic nitrogens is 2. The van der Waals surface area contributed by atoms with Gasteiger partial charge in [0.2, 0.25) is 10.0 Å². The van der Waals surface area contributed by atoms with Crippen molar-refractivity contribution >= 4 is 22.3 Å². The molecule has 0 bridgehead atoms. The molecule has 0 aliphatic heterocycles. The molecule has 1 aromatic heterocycles. The second-order valence-electron chi connectivity index (χ2n) is 7.65. The second kappa shape index (κ2) is 9.53. The van der Waals surface area contributed by atoms with E-state index in [1.807, 2.05) is 31.2 Å². The van der Waals surface area contributed by atoms with Crippen LogP contribution in [0.1, 0.15) is 26.4 Å². The van der Waals surface area contributed by atoms with Gasteiger partial charge in [-0.1, -0.05) is 29.8 Å². The molecule has 0 aliphatic rings. The fraction of sp³-hybridized carbons (Fsp3) is 0.0800. The van der Waals surface area contributed by atoms with E-state index in [2.05, 4.69) is 5.10 Å². The number of carbonyl (C=O) groups excluding carboxylic acids is 2. The van der Waals surface area contributed by atoms with Gasteiger partial charge in [0.15, 0.2) is 17.2 Å². The molecule has 0 fully saturated rings. The third kappa shape index (κ3) is 5.13. The van der Waals surface area contributed by atoms with Crippen LogP contribution in [-0.2, 0) is 10.0 Å². The van der Waals surface area contributed by atoms with Gasteiger partial charge in [-0.25, -0.2) is 23.0 Å². The van der Waals surface area contributed by atoms with E-state index in [0.29, 0.717) is 23.2 Å². The van der Waals surface area contributed by atoms with Crippen molar-refractivity contribution in [2.24, 2.45) is 5.14 Å². The van der Waals surface area contributed by atoms with E-state index in [4.69, 9.17) is 14.6 Å². The lowest BCUT2D eigenvalue weighted by molar-refractivity contribution is 0.0723. The highest BCUT2D eigenvalue weighted by atomic mass is 32.2. The van der Waals surface area contributed by atoms with E-state index >= 15 is 0 Å². The molecular formula is C25H21N3O6S. The zero-order valence-corrected chi connectivity index (χ0v) is 19.7. The van der Waals surface area contributed by atoms with E-state index in [0.717, 1.165) is 11.1 Å². The highest BCUT2D eigenvalue weighted by molar-refractivity contribution is 7.89. The molecule has 1 heterocycles. The molecule has 4 aromatic rings. The predicted octanol–water partition coefficient (Wildman–Crippen LogP) is 3.54. The van der Waals surface area contributed by atoms with Crippen LogP contribution in [0.15, 0.2) is 77.7 Å². The number of hydrogen-bond acceptors (Lipinski definition) is 7. The fourth-order valence-electron chi connectivity index (χ4n) is 3.38. The Morgan fingerprint density at radius 3 is 2.26 bits per heavy atom. The molecule has 9 nitrogen and oxygen atoms in total. The molecule has 35 heavy (non-hydrogen) atoms. The smallest absolute Gasteiger partial charge is 0.364 e. The topological polar surface area (TPSA) is 131 Å². The zero-order valence-electron chi connectivity index (χ0n) is 18.8. The zero-order chi connectivity index (χ0) is 25.2. The first kappa shape index (κ1) is 23.9. The summed E-state index contributed by atoms with van der Waals surface area (Å²) in [5.74, 6) is -0.387. The van der Waals surface area contributed by atoms with Crippen molar-refractivity contribution in [3.8, 4) is 28.4 Å². The summed E-state index contributed by atoms with van der Waals surface area (Å²) in [5.41, 5.74) is 3.32. The summed E-state index contributed by atoms with van der Waals surface area (Å²) < 4.78 is 35.5. The minimum absolute atomic E-state index is 0.0117. The van der Waals surface area contributed by atoms with Crippen molar-refractivity contribution in [3.63, 3.8) is 0 Å². The van der Waals surface area contributed by atoms with Crippen molar-refractivity contribution in [3.05, 3.63) is 89.6 Å². The molecule has 0 radical (unpaired) electrons. The van der Waals surface area contributed by atoms with Crippen LogP contribution in [0.4, 0.5) is 0 Å². The van der Waals surface area contributed by atoms with Crippen molar-refractivity contribution in [1.82, 2.24) is 9.78 Å². The van der Waals surface area contributed by atoms with Crippen molar-refractivity contribution in [1.29, 1.82) is 0 Å². The van der Waals surface area contributed by atoms with Crippen LogP contribution in [0.2, 0.25) is 0 Å². The van der Waals surface area contributed by atoms with Crippen molar-refractivity contribution in [2.75, 3.05) is 7.11 Å². The van der Waals surface area contributed by atoms with Gasteiger partial charge in [0, 0.05) is 11.1 Å². The molecule has 178 valence electrons. The molecule has 0 aliphatic carbocycles. The van der Waals surface area contributed by atoms with Crippen LogP contribution >= 0.6 is 0 Å². The first-order valence-electron chi connectivity index (χ1n) is 10.4. The van der Waals surface area contributed by atoms with E-state index < -0.39 is 16.0 Å². The first-order chi connectivity index (χ1) is 16.7. The summed E-state index contributed by atoms with van der Waals surface area (Å²) in [5, 5.41) is 9.62. The summed E-state index contributed by atoms with van der Waals surface area (Å²) in [7, 11) is -2.46. The van der Waals surface area contributed by atoms with Crippen LogP contribution in [0.5, 0.6) is 11.5 Å². The van der Waals surface area contributed by atoms with Gasteiger partial charge in [-0.15, -0.1) is 0 Å². The molecule has 0 spiro atoms. The minimum Gasteiger partial charge on any atom is -0.493 e. The molecule has 0 unspecified atom stereocenters. The summed E-state index contributed by atoms with van der Waals surface area (Å²) in [6.07, 6.45) is 0.658. The molecule has 0 amide bonds. The van der Waals surface area contributed by atoms with Crippen LogP contribution in [0.25, 0.3) is 16.9 Å². The Balaban J connectivity index is 1.75. The maximum atomic E-state index is 13.0. The van der Waals surface area contributed by atoms with Crippen molar-refractivity contribution < 1.29 is 27.5 Å². The van der Waals surface area contributed by atoms with Gasteiger partial charge in [0.25, 0.3) is 0 Å². The number of carbonyl (C=O) groups is 2. The van der Waals surface area contributed by atoms with Crippen molar-refractivity contribution in [2.45, 2.75) is 11.8 Å². The lowest BCUT2D eigenvalue weighted by atomic mass is 10.1. The molecule has 3 aromatic carbocycles. The summed E-state index contributed by atoms with van der Waals surface area (Å²) in [4.78, 5) is 24.0. The van der Waals surface area contributed by atoms with E-state index in [-0.39, 0.29) is 22.1 Å². The number of nitrogens with two attached hydrogens (primary N) is 1. The summed E-state index contributed by atoms with van der Waals surface area (Å²) in [6, 6.07) is 19.4. The number of hydrogen-bond donors (Lipinski definition) is 1. The number of esters is 1. The van der Waals surface area contributed by atoms with E-state index in [1.165, 1.54) is 42.1 Å². The summed E-state index contributed by atoms with van der Waals surface area (Å²) in [6.45, 7) is 1.96. The van der Waals surface area contributed by atoms with Gasteiger partial charge in [-0.05, 0) is 55.5 Å². The highest BCUT2D eigenvalue weighted by Crippen LogP contribution is 2.30. The predicted molar refractivity (Wildman–Crippen MR) is 128 cm³/mol. The monoisotopic (exact) mass is 491 g/mol. The summed E-state index contributed by atoms with van der Waals surface area (Å²) >= 11 is 0. The van der Waals surface area contributed by atoms with Gasteiger partial charge in [0.05, 0.1) is 23.4 Å². The quantitative estimate of drug-likeness (QED) is 0.238. The molecule has 10 heteroatoms. The number of rotatable bonds is 7. The second-order valence-corrected chi connectivity index (χ2v) is 9.21. The molecular weight excluding hydrogens is 470 g/mol. The van der Waals surface area contributed by atoms with Gasteiger partial charge in [-0.3, -0.25) is 4.79 Å². The third-order valence-electron chi connectivity index (χ3n) is 5.20. The van der Waals surface area contributed by atoms with Crippen LogP contribution in [0.3, 0.4) is 0 Å². The standard InChI is InChI=1S/C25H21N3O6S/c1-16-3-6-18(7-4-16)22-14-21(25(30)34-23-12-5-17(15-29)13-24(23)33-2)27-28(22)19-8-10-20(11-9-19)35(26,31)32/h3-15H,1-2H3,(H2,26,31,32). The average molecular weight is 492 g/mol. The Kier molecular flexibility index (Phi) is 6.50. The largest absolute Gasteiger partial charge is 0.493 e. The lowest BCUT2D eigenvalue weighted by Gasteiger charge is -2.09. The minimum atomic E-state index is -3.86.